The average molecular weight is 542 g/mol. The van der Waals surface area contributed by atoms with E-state index in [-0.39, 0.29) is 25.5 Å². The molecule has 6 nitrogen and oxygen atoms in total. The van der Waals surface area contributed by atoms with E-state index in [1.54, 1.807) is 24.3 Å². The molecule has 0 unspecified atom stereocenters. The highest BCUT2D eigenvalue weighted by Crippen LogP contribution is 2.39. The summed E-state index contributed by atoms with van der Waals surface area (Å²) in [5.41, 5.74) is 1.52. The number of benzene rings is 2. The van der Waals surface area contributed by atoms with E-state index >= 15 is 0 Å². The second-order valence-electron chi connectivity index (χ2n) is 6.37. The first kappa shape index (κ1) is 23.6. The summed E-state index contributed by atoms with van der Waals surface area (Å²) in [6.07, 6.45) is 1.39. The minimum absolute atomic E-state index is 0.0216. The number of carboxylic acid groups (broad SMARTS) is 1. The number of carbonyl (C=O) groups excluding carboxylic acids is 2. The first-order valence-electron chi connectivity index (χ1n) is 8.99. The van der Waals surface area contributed by atoms with Gasteiger partial charge < -0.3 is 19.4 Å². The summed E-state index contributed by atoms with van der Waals surface area (Å²) in [5.74, 6) is -0.606. The average Bonchev–Trinajstić information content (AvgIpc) is 2.98. The van der Waals surface area contributed by atoms with E-state index in [0.29, 0.717) is 35.8 Å². The van der Waals surface area contributed by atoms with Gasteiger partial charge in [-0.2, -0.15) is 0 Å². The third-order valence-corrected chi connectivity index (χ3v) is 6.63. The number of halogens is 2. The molecule has 1 aliphatic heterocycles. The molecule has 1 heterocycles. The van der Waals surface area contributed by atoms with Gasteiger partial charge in [0.05, 0.1) is 16.5 Å². The van der Waals surface area contributed by atoms with Crippen LogP contribution in [0, 0.1) is 0 Å². The molecule has 31 heavy (non-hydrogen) atoms. The largest absolute Gasteiger partial charge is 0.550 e. The van der Waals surface area contributed by atoms with Crippen molar-refractivity contribution in [3.05, 3.63) is 61.9 Å². The lowest BCUT2D eigenvalue weighted by Crippen LogP contribution is -2.33. The summed E-state index contributed by atoms with van der Waals surface area (Å²) in [4.78, 5) is 24.9. The molecule has 1 amide bonds. The zero-order valence-corrected chi connectivity index (χ0v) is 20.2. The number of nitrogens with zero attached hydrogens (tertiary/aromatic N) is 1. The number of aliphatic carboxylic acids is 1. The summed E-state index contributed by atoms with van der Waals surface area (Å²) in [6.45, 7) is 0.233. The number of amides is 1. The van der Waals surface area contributed by atoms with Gasteiger partial charge in [0.2, 0.25) is 0 Å². The number of methoxy groups -OCH3 is 1. The number of thiocarbonyl (C=S) groups is 1. The Balaban J connectivity index is 1.81. The minimum atomic E-state index is -1.24. The third-order valence-electron chi connectivity index (χ3n) is 4.29. The maximum Gasteiger partial charge on any atom is 0.266 e. The molecule has 1 saturated heterocycles. The van der Waals surface area contributed by atoms with Crippen molar-refractivity contribution >= 4 is 73.8 Å². The highest BCUT2D eigenvalue weighted by Gasteiger charge is 2.31. The van der Waals surface area contributed by atoms with Crippen LogP contribution in [0.1, 0.15) is 17.5 Å². The molecule has 0 spiro atoms. The van der Waals surface area contributed by atoms with Gasteiger partial charge in [0.25, 0.3) is 5.91 Å². The van der Waals surface area contributed by atoms with Crippen molar-refractivity contribution in [2.45, 2.75) is 13.0 Å². The Bertz CT molecular complexity index is 1080. The van der Waals surface area contributed by atoms with Crippen molar-refractivity contribution in [3.63, 3.8) is 0 Å². The highest BCUT2D eigenvalue weighted by atomic mass is 79.9. The van der Waals surface area contributed by atoms with Gasteiger partial charge in [-0.3, -0.25) is 9.69 Å². The topological polar surface area (TPSA) is 78.9 Å². The fourth-order valence-electron chi connectivity index (χ4n) is 2.78. The van der Waals surface area contributed by atoms with Gasteiger partial charge in [0.1, 0.15) is 10.9 Å². The molecular formula is C21H16BrClNO5S2-. The molecule has 0 N–H and O–H groups in total. The number of ether oxygens (including phenoxy) is 2. The molecule has 0 aromatic heterocycles. The van der Waals surface area contributed by atoms with E-state index in [9.17, 15) is 14.7 Å². The van der Waals surface area contributed by atoms with Crippen LogP contribution in [-0.2, 0) is 16.2 Å². The Labute approximate surface area is 202 Å². The molecule has 3 rings (SSSR count). The van der Waals surface area contributed by atoms with Crippen LogP contribution in [0.4, 0.5) is 0 Å². The second-order valence-corrected chi connectivity index (χ2v) is 9.31. The van der Waals surface area contributed by atoms with Gasteiger partial charge >= 0.3 is 0 Å². The Morgan fingerprint density at radius 3 is 2.77 bits per heavy atom. The molecule has 0 aliphatic carbocycles. The van der Waals surface area contributed by atoms with Crippen molar-refractivity contribution in [2.75, 3.05) is 13.7 Å². The van der Waals surface area contributed by atoms with Gasteiger partial charge in [0.15, 0.2) is 11.5 Å². The molecule has 1 aliphatic rings. The van der Waals surface area contributed by atoms with Crippen LogP contribution < -0.4 is 14.6 Å². The Morgan fingerprint density at radius 2 is 2.10 bits per heavy atom. The molecule has 0 radical (unpaired) electrons. The molecule has 162 valence electrons. The maximum absolute atomic E-state index is 12.6. The summed E-state index contributed by atoms with van der Waals surface area (Å²) in [6, 6.07) is 10.9. The van der Waals surface area contributed by atoms with Crippen molar-refractivity contribution < 1.29 is 24.2 Å². The van der Waals surface area contributed by atoms with Gasteiger partial charge in [-0.15, -0.1) is 0 Å². The predicted molar refractivity (Wildman–Crippen MR) is 126 cm³/mol. The summed E-state index contributed by atoms with van der Waals surface area (Å²) in [7, 11) is 1.52. The molecule has 0 bridgehead atoms. The summed E-state index contributed by atoms with van der Waals surface area (Å²) in [5, 5.41) is 11.3. The van der Waals surface area contributed by atoms with Crippen molar-refractivity contribution in [3.8, 4) is 11.5 Å². The maximum atomic E-state index is 12.6. The monoisotopic (exact) mass is 540 g/mol. The standard InChI is InChI=1S/C21H17BrClNO5S2/c1-28-16-9-12(10-17-20(27)24(21(30)31-17)7-6-18(25)26)8-14(22)19(16)29-11-13-4-2-3-5-15(13)23/h2-5,8-10H,6-7,11H2,1H3,(H,25,26)/p-1. The second kappa shape index (κ2) is 10.5. The SMILES string of the molecule is COc1cc(C=C2SC(=S)N(CCC(=O)[O-])C2=O)cc(Br)c1OCc1ccccc1Cl. The van der Waals surface area contributed by atoms with Crippen molar-refractivity contribution in [1.29, 1.82) is 0 Å². The molecular weight excluding hydrogens is 526 g/mol. The van der Waals surface area contributed by atoms with E-state index < -0.39 is 5.97 Å². The molecule has 0 atom stereocenters. The predicted octanol–water partition coefficient (Wildman–Crippen LogP) is 4.03. The van der Waals surface area contributed by atoms with Crippen molar-refractivity contribution in [2.24, 2.45) is 0 Å². The Morgan fingerprint density at radius 1 is 1.35 bits per heavy atom. The van der Waals surface area contributed by atoms with Gasteiger partial charge in [0, 0.05) is 29.5 Å². The first-order valence-corrected chi connectivity index (χ1v) is 11.4. The van der Waals surface area contributed by atoms with Crippen LogP contribution >= 0.6 is 51.5 Å². The van der Waals surface area contributed by atoms with Crippen LogP contribution in [-0.4, -0.2) is 34.8 Å². The van der Waals surface area contributed by atoms with Crippen LogP contribution in [0.2, 0.25) is 5.02 Å². The van der Waals surface area contributed by atoms with E-state index in [0.717, 1.165) is 17.3 Å². The van der Waals surface area contributed by atoms with Crippen LogP contribution in [0.15, 0.2) is 45.8 Å². The van der Waals surface area contributed by atoms with Crippen LogP contribution in [0.3, 0.4) is 0 Å². The zero-order valence-electron chi connectivity index (χ0n) is 16.2. The van der Waals surface area contributed by atoms with Crippen LogP contribution in [0.25, 0.3) is 6.08 Å². The fraction of sp³-hybridized carbons (Fsp3) is 0.190. The zero-order chi connectivity index (χ0) is 22.5. The third kappa shape index (κ3) is 5.79. The number of carbonyl (C=O) groups is 2. The highest BCUT2D eigenvalue weighted by molar-refractivity contribution is 9.10. The molecule has 2 aromatic rings. The summed E-state index contributed by atoms with van der Waals surface area (Å²) < 4.78 is 12.3. The number of thioether (sulfide) groups is 1. The van der Waals surface area contributed by atoms with Crippen molar-refractivity contribution in [1.82, 2.24) is 4.90 Å². The Hall–Kier alpha value is -2.07. The Kier molecular flexibility index (Phi) is 7.99. The van der Waals surface area contributed by atoms with Gasteiger partial charge in [-0.05, 0) is 45.8 Å². The summed E-state index contributed by atoms with van der Waals surface area (Å²) >= 11 is 16.0. The molecule has 0 saturated carbocycles. The fourth-order valence-corrected chi connectivity index (χ4v) is 4.85. The van der Waals surface area contributed by atoms with Gasteiger partial charge in [-0.25, -0.2) is 0 Å². The number of hydrogen-bond acceptors (Lipinski definition) is 7. The lowest BCUT2D eigenvalue weighted by Gasteiger charge is -2.15. The van der Waals surface area contributed by atoms with E-state index in [4.69, 9.17) is 33.3 Å². The van der Waals surface area contributed by atoms with Gasteiger partial charge in [-0.1, -0.05) is 53.8 Å². The molecule has 2 aromatic carbocycles. The van der Waals surface area contributed by atoms with E-state index in [1.807, 2.05) is 18.2 Å². The van der Waals surface area contributed by atoms with E-state index in [2.05, 4.69) is 15.9 Å². The number of hydrogen-bond donors (Lipinski definition) is 0. The molecule has 1 fully saturated rings. The normalized spacial score (nSPS) is 14.9. The van der Waals surface area contributed by atoms with Crippen LogP contribution in [0.5, 0.6) is 11.5 Å². The smallest absolute Gasteiger partial charge is 0.266 e. The van der Waals surface area contributed by atoms with E-state index in [1.165, 1.54) is 12.0 Å². The first-order chi connectivity index (χ1) is 14.8. The lowest BCUT2D eigenvalue weighted by molar-refractivity contribution is -0.305. The number of rotatable bonds is 8. The quantitative estimate of drug-likeness (QED) is 0.369. The molecule has 10 heteroatoms. The number of carboxylic acids is 1. The lowest BCUT2D eigenvalue weighted by atomic mass is 10.1. The minimum Gasteiger partial charge on any atom is -0.550 e.